The number of hydrazine groups is 1. The van der Waals surface area contributed by atoms with Crippen molar-refractivity contribution in [3.8, 4) is 0 Å². The largest absolute Gasteiger partial charge is 0.271 e. The highest BCUT2D eigenvalue weighted by atomic mass is 79.9. The van der Waals surface area contributed by atoms with Crippen molar-refractivity contribution in [2.45, 2.75) is 26.3 Å². The summed E-state index contributed by atoms with van der Waals surface area (Å²) < 4.78 is 2.84. The van der Waals surface area contributed by atoms with Crippen LogP contribution in [0.5, 0.6) is 0 Å². The fourth-order valence-corrected chi connectivity index (χ4v) is 2.38. The zero-order chi connectivity index (χ0) is 14.0. The van der Waals surface area contributed by atoms with Gasteiger partial charge in [0.2, 0.25) is 0 Å². The van der Waals surface area contributed by atoms with Crippen LogP contribution >= 0.6 is 15.9 Å². The summed E-state index contributed by atoms with van der Waals surface area (Å²) in [6.45, 7) is 4.16. The predicted molar refractivity (Wildman–Crippen MR) is 78.4 cm³/mol. The van der Waals surface area contributed by atoms with E-state index < -0.39 is 0 Å². The summed E-state index contributed by atoms with van der Waals surface area (Å²) in [5, 5.41) is 8.04. The summed E-state index contributed by atoms with van der Waals surface area (Å²) >= 11 is 3.58. The van der Waals surface area contributed by atoms with Gasteiger partial charge in [0.05, 0.1) is 11.7 Å². The number of benzene rings is 1. The predicted octanol–water partition coefficient (Wildman–Crippen LogP) is 1.94. The fraction of sp³-hybridized carbons (Fsp3) is 0.385. The molecular weight excluding hydrogens is 306 g/mol. The average Bonchev–Trinajstić information content (AvgIpc) is 2.78. The van der Waals surface area contributed by atoms with Crippen LogP contribution in [0.3, 0.4) is 0 Å². The van der Waals surface area contributed by atoms with Gasteiger partial charge in [0.15, 0.2) is 0 Å². The molecule has 0 aliphatic heterocycles. The first-order chi connectivity index (χ1) is 9.01. The number of nitrogens with one attached hydrogen (secondary N) is 1. The zero-order valence-corrected chi connectivity index (χ0v) is 12.9. The van der Waals surface area contributed by atoms with Gasteiger partial charge in [0.25, 0.3) is 0 Å². The first-order valence-corrected chi connectivity index (χ1v) is 6.88. The number of aryl methyl sites for hydroxylation is 3. The van der Waals surface area contributed by atoms with Crippen molar-refractivity contribution in [3.63, 3.8) is 0 Å². The molecule has 0 saturated heterocycles. The third kappa shape index (κ3) is 3.20. The van der Waals surface area contributed by atoms with Crippen LogP contribution in [-0.4, -0.2) is 15.0 Å². The number of aromatic nitrogens is 3. The molecule has 1 atom stereocenters. The van der Waals surface area contributed by atoms with Crippen LogP contribution in [0.1, 0.15) is 28.4 Å². The second-order valence-corrected chi connectivity index (χ2v) is 5.57. The van der Waals surface area contributed by atoms with Crippen molar-refractivity contribution in [1.29, 1.82) is 0 Å². The molecule has 2 rings (SSSR count). The highest BCUT2D eigenvalue weighted by molar-refractivity contribution is 9.10. The van der Waals surface area contributed by atoms with E-state index in [1.54, 1.807) is 4.68 Å². The Bertz CT molecular complexity index is 555. The van der Waals surface area contributed by atoms with E-state index in [2.05, 4.69) is 57.6 Å². The van der Waals surface area contributed by atoms with Crippen LogP contribution in [0.2, 0.25) is 0 Å². The van der Waals surface area contributed by atoms with Gasteiger partial charge < -0.3 is 0 Å². The molecular formula is C13H18BrN5. The van der Waals surface area contributed by atoms with Crippen LogP contribution in [0.4, 0.5) is 0 Å². The first kappa shape index (κ1) is 14.2. The molecule has 5 nitrogen and oxygen atoms in total. The number of hydrogen-bond donors (Lipinski definition) is 2. The standard InChI is InChI=1S/C13H18BrN5/c1-8-4-10(5-9(2)13(8)14)12(16-15)6-11-7-19(3)18-17-11/h4-5,7,12,16H,6,15H2,1-3H3. The van der Waals surface area contributed by atoms with Gasteiger partial charge in [-0.25, -0.2) is 0 Å². The number of nitrogens with zero attached hydrogens (tertiary/aromatic N) is 3. The SMILES string of the molecule is Cc1cc(C(Cc2cn(C)nn2)NN)cc(C)c1Br. The van der Waals surface area contributed by atoms with Gasteiger partial charge in [0.1, 0.15) is 0 Å². The summed E-state index contributed by atoms with van der Waals surface area (Å²) in [4.78, 5) is 0. The second kappa shape index (κ2) is 5.81. The summed E-state index contributed by atoms with van der Waals surface area (Å²) in [5.74, 6) is 5.68. The normalized spacial score (nSPS) is 12.7. The van der Waals surface area contributed by atoms with E-state index in [1.165, 1.54) is 11.1 Å². The minimum Gasteiger partial charge on any atom is -0.271 e. The van der Waals surface area contributed by atoms with Gasteiger partial charge in [0, 0.05) is 24.1 Å². The van der Waals surface area contributed by atoms with Gasteiger partial charge in [-0.05, 0) is 30.5 Å². The Labute approximate surface area is 121 Å². The maximum absolute atomic E-state index is 5.68. The van der Waals surface area contributed by atoms with E-state index in [-0.39, 0.29) is 6.04 Å². The number of halogens is 1. The summed E-state index contributed by atoms with van der Waals surface area (Å²) in [6, 6.07) is 4.30. The lowest BCUT2D eigenvalue weighted by Gasteiger charge is -2.17. The molecule has 6 heteroatoms. The maximum atomic E-state index is 5.68. The molecule has 1 aromatic carbocycles. The van der Waals surface area contributed by atoms with Crippen molar-refractivity contribution in [3.05, 3.63) is 45.2 Å². The molecule has 102 valence electrons. The zero-order valence-electron chi connectivity index (χ0n) is 11.3. The molecule has 0 aliphatic carbocycles. The maximum Gasteiger partial charge on any atom is 0.0846 e. The smallest absolute Gasteiger partial charge is 0.0846 e. The highest BCUT2D eigenvalue weighted by Gasteiger charge is 2.14. The summed E-state index contributed by atoms with van der Waals surface area (Å²) in [6.07, 6.45) is 2.62. The van der Waals surface area contributed by atoms with E-state index in [0.717, 1.165) is 15.7 Å². The monoisotopic (exact) mass is 323 g/mol. The fourth-order valence-electron chi connectivity index (χ4n) is 2.15. The van der Waals surface area contributed by atoms with E-state index in [4.69, 9.17) is 5.84 Å². The Hall–Kier alpha value is -1.24. The Morgan fingerprint density at radius 1 is 1.37 bits per heavy atom. The molecule has 1 unspecified atom stereocenters. The van der Waals surface area contributed by atoms with E-state index in [9.17, 15) is 0 Å². The van der Waals surface area contributed by atoms with Crippen molar-refractivity contribution in [1.82, 2.24) is 20.4 Å². The van der Waals surface area contributed by atoms with Crippen molar-refractivity contribution in [2.24, 2.45) is 12.9 Å². The Morgan fingerprint density at radius 2 is 2.00 bits per heavy atom. The number of hydrogen-bond acceptors (Lipinski definition) is 4. The van der Waals surface area contributed by atoms with Gasteiger partial charge in [-0.3, -0.25) is 16.0 Å². The van der Waals surface area contributed by atoms with Crippen LogP contribution in [0.15, 0.2) is 22.8 Å². The lowest BCUT2D eigenvalue weighted by atomic mass is 9.98. The van der Waals surface area contributed by atoms with Gasteiger partial charge in [-0.2, -0.15) is 0 Å². The van der Waals surface area contributed by atoms with Crippen molar-refractivity contribution < 1.29 is 0 Å². The van der Waals surface area contributed by atoms with Gasteiger partial charge in [-0.15, -0.1) is 5.10 Å². The van der Waals surface area contributed by atoms with Crippen LogP contribution in [-0.2, 0) is 13.5 Å². The molecule has 0 bridgehead atoms. The first-order valence-electron chi connectivity index (χ1n) is 6.09. The molecule has 19 heavy (non-hydrogen) atoms. The highest BCUT2D eigenvalue weighted by Crippen LogP contribution is 2.26. The molecule has 0 spiro atoms. The van der Waals surface area contributed by atoms with Crippen LogP contribution in [0.25, 0.3) is 0 Å². The summed E-state index contributed by atoms with van der Waals surface area (Å²) in [5.41, 5.74) is 7.34. The van der Waals surface area contributed by atoms with Gasteiger partial charge in [-0.1, -0.05) is 33.3 Å². The molecule has 0 fully saturated rings. The molecule has 1 aromatic heterocycles. The Kier molecular flexibility index (Phi) is 4.34. The average molecular weight is 324 g/mol. The van der Waals surface area contributed by atoms with Crippen molar-refractivity contribution in [2.75, 3.05) is 0 Å². The minimum absolute atomic E-state index is 0.0298. The third-order valence-corrected chi connectivity index (χ3v) is 4.38. The lowest BCUT2D eigenvalue weighted by Crippen LogP contribution is -2.29. The third-order valence-electron chi connectivity index (χ3n) is 3.13. The van der Waals surface area contributed by atoms with Crippen LogP contribution < -0.4 is 11.3 Å². The lowest BCUT2D eigenvalue weighted by molar-refractivity contribution is 0.544. The molecule has 0 saturated carbocycles. The quantitative estimate of drug-likeness (QED) is 0.666. The molecule has 0 aliphatic rings. The number of rotatable bonds is 4. The Balaban J connectivity index is 2.27. The molecule has 0 radical (unpaired) electrons. The molecule has 2 aromatic rings. The van der Waals surface area contributed by atoms with Gasteiger partial charge >= 0.3 is 0 Å². The van der Waals surface area contributed by atoms with Crippen LogP contribution in [0, 0.1) is 13.8 Å². The topological polar surface area (TPSA) is 68.8 Å². The second-order valence-electron chi connectivity index (χ2n) is 4.78. The number of nitrogens with two attached hydrogens (primary N) is 1. The van der Waals surface area contributed by atoms with E-state index >= 15 is 0 Å². The minimum atomic E-state index is 0.0298. The Morgan fingerprint density at radius 3 is 2.47 bits per heavy atom. The molecule has 3 N–H and O–H groups in total. The van der Waals surface area contributed by atoms with E-state index in [0.29, 0.717) is 6.42 Å². The van der Waals surface area contributed by atoms with Crippen molar-refractivity contribution >= 4 is 15.9 Å². The molecule has 0 amide bonds. The van der Waals surface area contributed by atoms with E-state index in [1.807, 2.05) is 13.2 Å². The molecule has 1 heterocycles. The summed E-state index contributed by atoms with van der Waals surface area (Å²) in [7, 11) is 1.86.